The molecule has 2 aromatic carbocycles. The van der Waals surface area contributed by atoms with Crippen LogP contribution in [0.25, 0.3) is 10.9 Å². The number of nitrogens with one attached hydrogen (secondary N) is 2. The number of hydrogen-bond acceptors (Lipinski definition) is 7. The van der Waals surface area contributed by atoms with Gasteiger partial charge in [-0.15, -0.1) is 0 Å². The predicted molar refractivity (Wildman–Crippen MR) is 143 cm³/mol. The number of aromatic amines is 1. The fraction of sp³-hybridized carbons (Fsp3) is 0.321. The molecule has 2 N–H and O–H groups in total. The standard InChI is InChI=1S/C28H25F3N8O/c1-16-26(40)39(22-4-2-3-17(11-22)13-32)24-15-33-27(35-20-7-10-23-18(12-20)14-34-37-23)36-25(24)38(16)21-8-5-19(6-9-21)28(29,30)31/h2-4,7,10-12,14-16,19,21H,5-6,8-9H2,1H3,(H,34,37)(H,33,35,36)/t16-,19?,21?/m1/s1. The molecule has 1 aliphatic carbocycles. The first-order valence-corrected chi connectivity index (χ1v) is 13.0. The molecule has 0 unspecified atom stereocenters. The molecule has 3 heterocycles. The van der Waals surface area contributed by atoms with Crippen molar-refractivity contribution in [1.29, 1.82) is 5.26 Å². The maximum atomic E-state index is 13.8. The average Bonchev–Trinajstić information content (AvgIpc) is 3.42. The van der Waals surface area contributed by atoms with E-state index in [9.17, 15) is 23.2 Å². The predicted octanol–water partition coefficient (Wildman–Crippen LogP) is 5.96. The van der Waals surface area contributed by atoms with Crippen LogP contribution in [-0.4, -0.2) is 44.3 Å². The lowest BCUT2D eigenvalue weighted by Crippen LogP contribution is -2.55. The highest BCUT2D eigenvalue weighted by Crippen LogP contribution is 2.45. The highest BCUT2D eigenvalue weighted by Gasteiger charge is 2.46. The van der Waals surface area contributed by atoms with Gasteiger partial charge in [0.05, 0.1) is 41.1 Å². The van der Waals surface area contributed by atoms with Crippen LogP contribution < -0.4 is 15.1 Å². The molecule has 1 amide bonds. The molecule has 6 rings (SSSR count). The summed E-state index contributed by atoms with van der Waals surface area (Å²) in [6.45, 7) is 1.74. The number of carbonyl (C=O) groups excluding carboxylic acids is 1. The van der Waals surface area contributed by atoms with Gasteiger partial charge in [-0.05, 0) is 69.0 Å². The van der Waals surface area contributed by atoms with Gasteiger partial charge in [0, 0.05) is 17.1 Å². The Kier molecular flexibility index (Phi) is 6.29. The number of halogens is 3. The Hall–Kier alpha value is -4.66. The fourth-order valence-corrected chi connectivity index (χ4v) is 5.68. The smallest absolute Gasteiger partial charge is 0.340 e. The second-order valence-corrected chi connectivity index (χ2v) is 10.2. The average molecular weight is 547 g/mol. The van der Waals surface area contributed by atoms with Crippen LogP contribution in [0.2, 0.25) is 0 Å². The van der Waals surface area contributed by atoms with Gasteiger partial charge in [-0.25, -0.2) is 4.98 Å². The number of nitriles is 1. The molecule has 4 aromatic rings. The molecular weight excluding hydrogens is 521 g/mol. The number of nitrogens with zero attached hydrogens (tertiary/aromatic N) is 6. The summed E-state index contributed by atoms with van der Waals surface area (Å²) in [7, 11) is 0. The van der Waals surface area contributed by atoms with Crippen LogP contribution in [0, 0.1) is 17.2 Å². The number of carbonyl (C=O) groups is 1. The van der Waals surface area contributed by atoms with Crippen molar-refractivity contribution in [2.75, 3.05) is 15.1 Å². The summed E-state index contributed by atoms with van der Waals surface area (Å²) in [6, 6.07) is 13.4. The van der Waals surface area contributed by atoms with E-state index in [4.69, 9.17) is 4.98 Å². The maximum absolute atomic E-state index is 13.8. The minimum Gasteiger partial charge on any atom is -0.340 e. The van der Waals surface area contributed by atoms with Crippen molar-refractivity contribution >= 4 is 45.6 Å². The van der Waals surface area contributed by atoms with Crippen molar-refractivity contribution in [2.24, 2.45) is 5.92 Å². The summed E-state index contributed by atoms with van der Waals surface area (Å²) in [5.41, 5.74) is 2.89. The van der Waals surface area contributed by atoms with Crippen molar-refractivity contribution in [3.05, 3.63) is 60.4 Å². The lowest BCUT2D eigenvalue weighted by Gasteiger charge is -2.46. The number of rotatable bonds is 4. The lowest BCUT2D eigenvalue weighted by molar-refractivity contribution is -0.182. The quantitative estimate of drug-likeness (QED) is 0.325. The molecule has 2 aromatic heterocycles. The number of amides is 1. The Balaban J connectivity index is 1.40. The second kappa shape index (κ2) is 9.82. The fourth-order valence-electron chi connectivity index (χ4n) is 5.68. The first-order chi connectivity index (χ1) is 19.2. The normalized spacial score (nSPS) is 21.3. The third-order valence-electron chi connectivity index (χ3n) is 7.71. The Bertz CT molecular complexity index is 1620. The lowest BCUT2D eigenvalue weighted by atomic mass is 9.84. The van der Waals surface area contributed by atoms with Crippen LogP contribution in [-0.2, 0) is 4.79 Å². The molecule has 0 saturated heterocycles. The van der Waals surface area contributed by atoms with Crippen LogP contribution in [0.3, 0.4) is 0 Å². The molecule has 12 heteroatoms. The van der Waals surface area contributed by atoms with Crippen LogP contribution in [0.1, 0.15) is 38.2 Å². The van der Waals surface area contributed by atoms with Gasteiger partial charge in [0.25, 0.3) is 5.91 Å². The molecule has 204 valence electrons. The Morgan fingerprint density at radius 1 is 1.10 bits per heavy atom. The molecule has 0 bridgehead atoms. The molecule has 1 saturated carbocycles. The van der Waals surface area contributed by atoms with E-state index in [0.717, 1.165) is 16.6 Å². The van der Waals surface area contributed by atoms with Crippen LogP contribution in [0.4, 0.5) is 42.0 Å². The molecule has 1 aliphatic heterocycles. The largest absolute Gasteiger partial charge is 0.391 e. The summed E-state index contributed by atoms with van der Waals surface area (Å²) in [6.07, 6.45) is -0.425. The van der Waals surface area contributed by atoms with Crippen LogP contribution >= 0.6 is 0 Å². The number of H-pyrrole nitrogens is 1. The number of hydrogen-bond donors (Lipinski definition) is 2. The summed E-state index contributed by atoms with van der Waals surface area (Å²) in [5.74, 6) is -0.880. The van der Waals surface area contributed by atoms with E-state index in [1.807, 2.05) is 23.1 Å². The molecule has 1 fully saturated rings. The van der Waals surface area contributed by atoms with Crippen molar-refractivity contribution in [3.63, 3.8) is 0 Å². The third-order valence-corrected chi connectivity index (χ3v) is 7.71. The van der Waals surface area contributed by atoms with Gasteiger partial charge in [-0.1, -0.05) is 6.07 Å². The van der Waals surface area contributed by atoms with Crippen molar-refractivity contribution in [3.8, 4) is 6.07 Å². The number of alkyl halides is 3. The summed E-state index contributed by atoms with van der Waals surface area (Å²) in [5, 5.41) is 20.4. The highest BCUT2D eigenvalue weighted by molar-refractivity contribution is 6.10. The first-order valence-electron chi connectivity index (χ1n) is 13.0. The maximum Gasteiger partial charge on any atom is 0.391 e. The molecule has 1 atom stereocenters. The first kappa shape index (κ1) is 25.6. The number of fused-ring (bicyclic) bond motifs is 2. The molecule has 9 nitrogen and oxygen atoms in total. The molecule has 0 radical (unpaired) electrons. The Morgan fingerprint density at radius 3 is 2.65 bits per heavy atom. The minimum absolute atomic E-state index is 0.00422. The van der Waals surface area contributed by atoms with Gasteiger partial charge >= 0.3 is 6.18 Å². The van der Waals surface area contributed by atoms with Gasteiger partial charge in [-0.2, -0.15) is 28.5 Å². The van der Waals surface area contributed by atoms with Gasteiger partial charge in [0.1, 0.15) is 11.7 Å². The van der Waals surface area contributed by atoms with Gasteiger partial charge in [0.2, 0.25) is 5.95 Å². The zero-order valence-corrected chi connectivity index (χ0v) is 21.5. The summed E-state index contributed by atoms with van der Waals surface area (Å²) < 4.78 is 40.2. The van der Waals surface area contributed by atoms with Gasteiger partial charge < -0.3 is 10.2 Å². The summed E-state index contributed by atoms with van der Waals surface area (Å²) >= 11 is 0. The van der Waals surface area contributed by atoms with Gasteiger partial charge in [0.15, 0.2) is 5.82 Å². The monoisotopic (exact) mass is 546 g/mol. The Morgan fingerprint density at radius 2 is 1.90 bits per heavy atom. The molecule has 2 aliphatic rings. The van der Waals surface area contributed by atoms with E-state index >= 15 is 0 Å². The van der Waals surface area contributed by atoms with Crippen LogP contribution in [0.5, 0.6) is 0 Å². The van der Waals surface area contributed by atoms with E-state index < -0.39 is 18.1 Å². The second-order valence-electron chi connectivity index (χ2n) is 10.2. The van der Waals surface area contributed by atoms with Gasteiger partial charge in [-0.3, -0.25) is 14.8 Å². The minimum atomic E-state index is -4.23. The summed E-state index contributed by atoms with van der Waals surface area (Å²) in [4.78, 5) is 26.4. The van der Waals surface area contributed by atoms with E-state index in [1.165, 1.54) is 11.1 Å². The number of aromatic nitrogens is 4. The SMILES string of the molecule is C[C@@H]1C(=O)N(c2cccc(C#N)c2)c2cnc(Nc3ccc4[nH]ncc4c3)nc2N1C1CCC(C(F)(F)F)CC1. The highest BCUT2D eigenvalue weighted by atomic mass is 19.4. The topological polar surface area (TPSA) is 114 Å². The van der Waals surface area contributed by atoms with E-state index in [2.05, 4.69) is 26.6 Å². The molecule has 0 spiro atoms. The number of anilines is 5. The van der Waals surface area contributed by atoms with Crippen LogP contribution in [0.15, 0.2) is 54.9 Å². The van der Waals surface area contributed by atoms with E-state index in [-0.39, 0.29) is 43.6 Å². The van der Waals surface area contributed by atoms with E-state index in [0.29, 0.717) is 22.8 Å². The van der Waals surface area contributed by atoms with E-state index in [1.54, 1.807) is 37.4 Å². The van der Waals surface area contributed by atoms with Crippen molar-refractivity contribution in [1.82, 2.24) is 20.2 Å². The van der Waals surface area contributed by atoms with Crippen molar-refractivity contribution in [2.45, 2.75) is 50.9 Å². The Labute approximate surface area is 227 Å². The zero-order chi connectivity index (χ0) is 28.0. The zero-order valence-electron chi connectivity index (χ0n) is 21.5. The van der Waals surface area contributed by atoms with Crippen molar-refractivity contribution < 1.29 is 18.0 Å². The molecule has 40 heavy (non-hydrogen) atoms. The molecular formula is C28H25F3N8O. The third kappa shape index (κ3) is 4.57. The number of benzene rings is 2.